The number of rotatable bonds is 6. The lowest BCUT2D eigenvalue weighted by Crippen LogP contribution is -2.29. The number of ether oxygens (including phenoxy) is 2. The van der Waals surface area contributed by atoms with Gasteiger partial charge in [0.1, 0.15) is 5.60 Å². The van der Waals surface area contributed by atoms with Gasteiger partial charge in [-0.05, 0) is 50.6 Å². The van der Waals surface area contributed by atoms with Gasteiger partial charge in [-0.15, -0.1) is 0 Å². The van der Waals surface area contributed by atoms with Crippen LogP contribution in [-0.4, -0.2) is 33.1 Å². The number of nitrogens with one attached hydrogen (secondary N) is 1. The summed E-state index contributed by atoms with van der Waals surface area (Å²) in [6.07, 6.45) is 0. The van der Waals surface area contributed by atoms with Crippen molar-refractivity contribution < 1.29 is 27.5 Å². The zero-order chi connectivity index (χ0) is 20.9. The number of hydrogen-bond acceptors (Lipinski definition) is 6. The van der Waals surface area contributed by atoms with E-state index in [9.17, 15) is 18.0 Å². The van der Waals surface area contributed by atoms with Crippen LogP contribution in [-0.2, 0) is 24.3 Å². The van der Waals surface area contributed by atoms with Gasteiger partial charge in [-0.2, -0.15) is 0 Å². The number of para-hydroxylation sites is 1. The molecule has 0 fully saturated rings. The number of hydrogen-bond donors (Lipinski definition) is 1. The van der Waals surface area contributed by atoms with E-state index in [0.717, 1.165) is 7.11 Å². The molecule has 2 aromatic rings. The Morgan fingerprint density at radius 2 is 1.54 bits per heavy atom. The van der Waals surface area contributed by atoms with Crippen LogP contribution in [0.1, 0.15) is 41.9 Å². The predicted octanol–water partition coefficient (Wildman–Crippen LogP) is 3.30. The molecule has 0 saturated heterocycles. The molecule has 8 heteroatoms. The summed E-state index contributed by atoms with van der Waals surface area (Å²) < 4.78 is 38.0. The average molecular weight is 405 g/mol. The summed E-state index contributed by atoms with van der Waals surface area (Å²) in [6.45, 7) is 5.23. The van der Waals surface area contributed by atoms with Crippen molar-refractivity contribution in [3.63, 3.8) is 0 Å². The lowest BCUT2D eigenvalue weighted by Gasteiger charge is -2.20. The van der Waals surface area contributed by atoms with Gasteiger partial charge in [-0.25, -0.2) is 13.2 Å². The standard InChI is InChI=1S/C20H23NO6S/c1-20(2,3)27-18(22)15-12-10-14(11-13-15)17(19(23)26-4)28(24,25)21-16-8-6-5-7-9-16/h5-13,17,21H,1-4H3. The smallest absolute Gasteiger partial charge is 0.338 e. The second-order valence-corrected chi connectivity index (χ2v) is 8.81. The zero-order valence-corrected chi connectivity index (χ0v) is 16.9. The Kier molecular flexibility index (Phi) is 6.45. The van der Waals surface area contributed by atoms with Crippen molar-refractivity contribution in [2.24, 2.45) is 0 Å². The van der Waals surface area contributed by atoms with Crippen LogP contribution in [0.3, 0.4) is 0 Å². The van der Waals surface area contributed by atoms with E-state index in [0.29, 0.717) is 5.69 Å². The van der Waals surface area contributed by atoms with Gasteiger partial charge in [0.15, 0.2) is 0 Å². The average Bonchev–Trinajstić information content (AvgIpc) is 2.61. The number of carbonyl (C=O) groups excluding carboxylic acids is 2. The summed E-state index contributed by atoms with van der Waals surface area (Å²) in [4.78, 5) is 24.3. The van der Waals surface area contributed by atoms with Gasteiger partial charge in [0.25, 0.3) is 10.0 Å². The molecule has 0 heterocycles. The third-order valence-electron chi connectivity index (χ3n) is 3.61. The van der Waals surface area contributed by atoms with Crippen LogP contribution in [0.2, 0.25) is 0 Å². The van der Waals surface area contributed by atoms with Gasteiger partial charge in [0.05, 0.1) is 12.7 Å². The number of esters is 2. The summed E-state index contributed by atoms with van der Waals surface area (Å²) >= 11 is 0. The van der Waals surface area contributed by atoms with Gasteiger partial charge >= 0.3 is 11.9 Å². The fourth-order valence-corrected chi connectivity index (χ4v) is 3.86. The lowest BCUT2D eigenvalue weighted by atomic mass is 10.1. The Labute approximate surface area is 164 Å². The lowest BCUT2D eigenvalue weighted by molar-refractivity contribution is -0.140. The van der Waals surface area contributed by atoms with Crippen molar-refractivity contribution in [3.05, 3.63) is 65.7 Å². The minimum absolute atomic E-state index is 0.169. The summed E-state index contributed by atoms with van der Waals surface area (Å²) in [5, 5.41) is -1.59. The molecule has 150 valence electrons. The Morgan fingerprint density at radius 1 is 0.964 bits per heavy atom. The number of sulfonamides is 1. The Hall–Kier alpha value is -2.87. The molecule has 0 radical (unpaired) electrons. The van der Waals surface area contributed by atoms with E-state index in [1.54, 1.807) is 51.1 Å². The first-order valence-electron chi connectivity index (χ1n) is 8.51. The van der Waals surface area contributed by atoms with Crippen LogP contribution in [0.15, 0.2) is 54.6 Å². The topological polar surface area (TPSA) is 98.8 Å². The Balaban J connectivity index is 2.33. The van der Waals surface area contributed by atoms with Crippen molar-refractivity contribution >= 4 is 27.6 Å². The van der Waals surface area contributed by atoms with Gasteiger partial charge in [0, 0.05) is 5.69 Å². The van der Waals surface area contributed by atoms with Crippen LogP contribution in [0.25, 0.3) is 0 Å². The number of methoxy groups -OCH3 is 1. The molecule has 2 aromatic carbocycles. The summed E-state index contributed by atoms with van der Waals surface area (Å²) in [5.41, 5.74) is 0.0767. The molecule has 1 atom stereocenters. The van der Waals surface area contributed by atoms with E-state index < -0.39 is 32.8 Å². The fraction of sp³-hybridized carbons (Fsp3) is 0.300. The van der Waals surface area contributed by atoms with E-state index in [1.165, 1.54) is 24.3 Å². The van der Waals surface area contributed by atoms with Gasteiger partial charge in [-0.3, -0.25) is 9.52 Å². The molecule has 0 aliphatic heterocycles. The minimum Gasteiger partial charge on any atom is -0.468 e. The van der Waals surface area contributed by atoms with E-state index in [2.05, 4.69) is 9.46 Å². The minimum atomic E-state index is -4.14. The van der Waals surface area contributed by atoms with Crippen molar-refractivity contribution in [2.75, 3.05) is 11.8 Å². The zero-order valence-electron chi connectivity index (χ0n) is 16.1. The van der Waals surface area contributed by atoms with Crippen molar-refractivity contribution in [2.45, 2.75) is 31.6 Å². The third-order valence-corrected chi connectivity index (χ3v) is 5.21. The van der Waals surface area contributed by atoms with E-state index in [1.807, 2.05) is 0 Å². The molecular weight excluding hydrogens is 382 g/mol. The largest absolute Gasteiger partial charge is 0.468 e. The van der Waals surface area contributed by atoms with E-state index in [-0.39, 0.29) is 11.1 Å². The molecule has 0 saturated carbocycles. The van der Waals surface area contributed by atoms with Crippen LogP contribution in [0.4, 0.5) is 5.69 Å². The Bertz CT molecular complexity index is 931. The highest BCUT2D eigenvalue weighted by Crippen LogP contribution is 2.27. The summed E-state index contributed by atoms with van der Waals surface area (Å²) in [7, 11) is -3.03. The highest BCUT2D eigenvalue weighted by molar-refractivity contribution is 7.93. The first-order valence-corrected chi connectivity index (χ1v) is 10.1. The van der Waals surface area contributed by atoms with Gasteiger partial charge in [0.2, 0.25) is 5.25 Å². The van der Waals surface area contributed by atoms with Crippen LogP contribution < -0.4 is 4.72 Å². The molecule has 0 bridgehead atoms. The molecule has 0 aliphatic rings. The monoisotopic (exact) mass is 405 g/mol. The summed E-state index contributed by atoms with van der Waals surface area (Å²) in [5.74, 6) is -1.48. The van der Waals surface area contributed by atoms with Crippen LogP contribution in [0.5, 0.6) is 0 Å². The molecule has 0 aromatic heterocycles. The third kappa shape index (κ3) is 5.56. The number of carbonyl (C=O) groups is 2. The first kappa shape index (κ1) is 21.4. The van der Waals surface area contributed by atoms with Crippen LogP contribution in [0, 0.1) is 0 Å². The van der Waals surface area contributed by atoms with E-state index >= 15 is 0 Å². The number of benzene rings is 2. The Morgan fingerprint density at radius 3 is 2.04 bits per heavy atom. The second-order valence-electron chi connectivity index (χ2n) is 7.04. The molecular formula is C20H23NO6S. The SMILES string of the molecule is COC(=O)C(c1ccc(C(=O)OC(C)(C)C)cc1)S(=O)(=O)Nc1ccccc1. The predicted molar refractivity (Wildman–Crippen MR) is 105 cm³/mol. The van der Waals surface area contributed by atoms with Crippen LogP contribution >= 0.6 is 0 Å². The van der Waals surface area contributed by atoms with Gasteiger partial charge < -0.3 is 9.47 Å². The normalized spacial score (nSPS) is 12.7. The van der Waals surface area contributed by atoms with Crippen molar-refractivity contribution in [1.82, 2.24) is 0 Å². The maximum absolute atomic E-state index is 12.8. The van der Waals surface area contributed by atoms with Crippen molar-refractivity contribution in [1.29, 1.82) is 0 Å². The summed E-state index contributed by atoms with van der Waals surface area (Å²) in [6, 6.07) is 13.8. The molecule has 0 amide bonds. The van der Waals surface area contributed by atoms with E-state index in [4.69, 9.17) is 4.74 Å². The molecule has 1 N–H and O–H groups in total. The van der Waals surface area contributed by atoms with Gasteiger partial charge in [-0.1, -0.05) is 30.3 Å². The maximum Gasteiger partial charge on any atom is 0.338 e. The number of anilines is 1. The quantitative estimate of drug-likeness (QED) is 0.741. The second kappa shape index (κ2) is 8.43. The molecule has 1 unspecified atom stereocenters. The highest BCUT2D eigenvalue weighted by Gasteiger charge is 2.35. The highest BCUT2D eigenvalue weighted by atomic mass is 32.2. The fourth-order valence-electron chi connectivity index (χ4n) is 2.41. The molecule has 28 heavy (non-hydrogen) atoms. The molecule has 2 rings (SSSR count). The molecule has 0 aliphatic carbocycles. The maximum atomic E-state index is 12.8. The van der Waals surface area contributed by atoms with Crippen molar-refractivity contribution in [3.8, 4) is 0 Å². The first-order chi connectivity index (χ1) is 13.0. The molecule has 7 nitrogen and oxygen atoms in total. The molecule has 0 spiro atoms.